The molecule has 3 heterocycles. The lowest BCUT2D eigenvalue weighted by atomic mass is 9.80. The van der Waals surface area contributed by atoms with Crippen molar-refractivity contribution in [2.24, 2.45) is 5.92 Å². The van der Waals surface area contributed by atoms with E-state index >= 15 is 4.39 Å². The quantitative estimate of drug-likeness (QED) is 0.233. The molecule has 212 valence electrons. The number of anilines is 1. The van der Waals surface area contributed by atoms with Crippen molar-refractivity contribution in [3.05, 3.63) is 83.4 Å². The molecule has 0 radical (unpaired) electrons. The third-order valence-corrected chi connectivity index (χ3v) is 9.07. The molecule has 5 aromatic rings. The van der Waals surface area contributed by atoms with Crippen LogP contribution in [0.2, 0.25) is 5.02 Å². The number of nitrogens with zero attached hydrogens (tertiary/aromatic N) is 3. The fraction of sp³-hybridized carbons (Fsp3) is 0.250. The summed E-state index contributed by atoms with van der Waals surface area (Å²) >= 11 is 6.61. The third-order valence-electron chi connectivity index (χ3n) is 8.68. The van der Waals surface area contributed by atoms with E-state index in [1.54, 1.807) is 35.4 Å². The molecule has 1 aliphatic heterocycles. The van der Waals surface area contributed by atoms with Crippen LogP contribution in [0.1, 0.15) is 36.7 Å². The summed E-state index contributed by atoms with van der Waals surface area (Å²) in [6.45, 7) is 1.34. The van der Waals surface area contributed by atoms with Gasteiger partial charge in [0, 0.05) is 41.1 Å². The highest BCUT2D eigenvalue weighted by Gasteiger charge is 2.51. The zero-order valence-corrected chi connectivity index (χ0v) is 23.5. The van der Waals surface area contributed by atoms with Crippen molar-refractivity contribution in [2.45, 2.75) is 44.8 Å². The van der Waals surface area contributed by atoms with E-state index < -0.39 is 17.8 Å². The summed E-state index contributed by atoms with van der Waals surface area (Å²) < 4.78 is 17.4. The van der Waals surface area contributed by atoms with Crippen LogP contribution in [-0.4, -0.2) is 49.3 Å². The number of benzene rings is 3. The molecule has 0 unspecified atom stereocenters. The molecular weight excluding hydrogens is 557 g/mol. The standard InChI is InChI=1S/C32H27ClFN5O3/c1-17(40)30-22-5-2-3-8-25(22)38(37-30)16-27(41)39-24-12-10-19(24)15-26(39)32(42)36-23-7-4-6-21(29(23)34)20-11-9-18-13-14-35-31(18)28(20)33/h2-9,11,13-14,19,24,26,35H,10,12,15-16H2,1H3,(H,36,42)/t19-,24-,26+/m1/s1. The topological polar surface area (TPSA) is 100 Å². The first-order valence-corrected chi connectivity index (χ1v) is 14.3. The van der Waals surface area contributed by atoms with Crippen LogP contribution >= 0.6 is 11.6 Å². The number of carbonyl (C=O) groups excluding carboxylic acids is 3. The molecule has 1 saturated heterocycles. The maximum absolute atomic E-state index is 15.8. The number of nitrogens with one attached hydrogen (secondary N) is 2. The van der Waals surface area contributed by atoms with E-state index in [0.29, 0.717) is 39.1 Å². The Morgan fingerprint density at radius 1 is 1.05 bits per heavy atom. The molecule has 2 amide bonds. The second kappa shape index (κ2) is 10.1. The molecule has 3 atom stereocenters. The maximum Gasteiger partial charge on any atom is 0.247 e. The van der Waals surface area contributed by atoms with Gasteiger partial charge in [0.15, 0.2) is 11.6 Å². The van der Waals surface area contributed by atoms with E-state index in [9.17, 15) is 14.4 Å². The second-order valence-corrected chi connectivity index (χ2v) is 11.4. The van der Waals surface area contributed by atoms with Gasteiger partial charge in [0.25, 0.3) is 0 Å². The first kappa shape index (κ1) is 26.4. The van der Waals surface area contributed by atoms with Crippen molar-refractivity contribution in [3.8, 4) is 11.1 Å². The number of rotatable bonds is 6. The molecule has 42 heavy (non-hydrogen) atoms. The first-order valence-electron chi connectivity index (χ1n) is 13.9. The molecule has 1 aliphatic carbocycles. The van der Waals surface area contributed by atoms with E-state index in [-0.39, 0.29) is 41.4 Å². The third kappa shape index (κ3) is 4.18. The van der Waals surface area contributed by atoms with E-state index in [1.165, 1.54) is 17.7 Å². The summed E-state index contributed by atoms with van der Waals surface area (Å²) in [6, 6.07) is 16.8. The fourth-order valence-electron chi connectivity index (χ4n) is 6.49. The minimum absolute atomic E-state index is 0.0240. The number of fused-ring (bicyclic) bond motifs is 3. The number of likely N-dealkylation sites (tertiary alicyclic amines) is 1. The fourth-order valence-corrected chi connectivity index (χ4v) is 6.81. The van der Waals surface area contributed by atoms with Crippen molar-refractivity contribution in [1.82, 2.24) is 19.7 Å². The van der Waals surface area contributed by atoms with Crippen LogP contribution in [0.3, 0.4) is 0 Å². The SMILES string of the molecule is CC(=O)c1nn(CC(=O)N2[C@@H]3CC[C@@H]3C[C@H]2C(=O)Nc2cccc(-c3ccc4cc[nH]c4c3Cl)c2F)c2ccccc12. The van der Waals surface area contributed by atoms with Crippen molar-refractivity contribution < 1.29 is 18.8 Å². The number of Topliss-reactive ketones (excluding diaryl/α,β-unsaturated/α-hetero) is 1. The number of amides is 2. The van der Waals surface area contributed by atoms with Crippen molar-refractivity contribution in [2.75, 3.05) is 5.32 Å². The zero-order chi connectivity index (χ0) is 29.1. The van der Waals surface area contributed by atoms with Crippen LogP contribution in [0, 0.1) is 11.7 Å². The van der Waals surface area contributed by atoms with Gasteiger partial charge in [0.05, 0.1) is 21.7 Å². The van der Waals surface area contributed by atoms with Crippen LogP contribution in [0.15, 0.2) is 66.9 Å². The summed E-state index contributed by atoms with van der Waals surface area (Å²) in [5, 5.41) is 9.17. The summed E-state index contributed by atoms with van der Waals surface area (Å²) in [7, 11) is 0. The van der Waals surface area contributed by atoms with E-state index in [0.717, 1.165) is 18.2 Å². The van der Waals surface area contributed by atoms with Gasteiger partial charge in [-0.3, -0.25) is 19.1 Å². The lowest BCUT2D eigenvalue weighted by molar-refractivity contribution is -0.140. The molecule has 2 aromatic heterocycles. The van der Waals surface area contributed by atoms with Gasteiger partial charge in [-0.1, -0.05) is 54.1 Å². The Kier molecular flexibility index (Phi) is 6.35. The molecular formula is C32H27ClFN5O3. The number of H-pyrrole nitrogens is 1. The molecule has 2 aliphatic rings. The maximum atomic E-state index is 15.8. The number of para-hydroxylation sites is 1. The molecule has 0 spiro atoms. The van der Waals surface area contributed by atoms with Gasteiger partial charge in [-0.15, -0.1) is 0 Å². The molecule has 3 aromatic carbocycles. The molecule has 0 bridgehead atoms. The Labute approximate surface area is 245 Å². The van der Waals surface area contributed by atoms with E-state index in [4.69, 9.17) is 11.6 Å². The average molecular weight is 584 g/mol. The van der Waals surface area contributed by atoms with Gasteiger partial charge in [0.1, 0.15) is 18.3 Å². The summed E-state index contributed by atoms with van der Waals surface area (Å²) in [5.41, 5.74) is 2.49. The number of aromatic amines is 1. The van der Waals surface area contributed by atoms with Crippen LogP contribution in [0.25, 0.3) is 32.9 Å². The van der Waals surface area contributed by atoms with Crippen LogP contribution < -0.4 is 5.32 Å². The molecule has 10 heteroatoms. The molecule has 2 N–H and O–H groups in total. The number of carbonyl (C=O) groups is 3. The Hall–Kier alpha value is -4.50. The van der Waals surface area contributed by atoms with Gasteiger partial charge in [-0.2, -0.15) is 5.10 Å². The van der Waals surface area contributed by atoms with Gasteiger partial charge in [0.2, 0.25) is 11.8 Å². The van der Waals surface area contributed by atoms with Gasteiger partial charge < -0.3 is 15.2 Å². The Balaban J connectivity index is 1.16. The van der Waals surface area contributed by atoms with Crippen molar-refractivity contribution >= 4 is 56.7 Å². The highest BCUT2D eigenvalue weighted by molar-refractivity contribution is 6.38. The number of hydrogen-bond acceptors (Lipinski definition) is 4. The van der Waals surface area contributed by atoms with Gasteiger partial charge in [-0.05, 0) is 43.4 Å². The molecule has 7 rings (SSSR count). The van der Waals surface area contributed by atoms with Crippen LogP contribution in [0.5, 0.6) is 0 Å². The zero-order valence-electron chi connectivity index (χ0n) is 22.7. The lowest BCUT2D eigenvalue weighted by Crippen LogP contribution is -2.50. The van der Waals surface area contributed by atoms with Crippen LogP contribution in [0.4, 0.5) is 10.1 Å². The highest BCUT2D eigenvalue weighted by atomic mass is 35.5. The number of halogens is 2. The molecule has 8 nitrogen and oxygen atoms in total. The van der Waals surface area contributed by atoms with Crippen LogP contribution in [-0.2, 0) is 16.1 Å². The Bertz CT molecular complexity index is 1910. The summed E-state index contributed by atoms with van der Waals surface area (Å²) in [4.78, 5) is 44.3. The van der Waals surface area contributed by atoms with Crippen molar-refractivity contribution in [3.63, 3.8) is 0 Å². The highest BCUT2D eigenvalue weighted by Crippen LogP contribution is 2.44. The minimum atomic E-state index is -0.744. The van der Waals surface area contributed by atoms with Crippen molar-refractivity contribution in [1.29, 1.82) is 0 Å². The summed E-state index contributed by atoms with van der Waals surface area (Å²) in [6.07, 6.45) is 4.02. The molecule has 2 fully saturated rings. The van der Waals surface area contributed by atoms with Gasteiger partial charge >= 0.3 is 0 Å². The molecule has 1 saturated carbocycles. The first-order chi connectivity index (χ1) is 20.3. The predicted molar refractivity (Wildman–Crippen MR) is 159 cm³/mol. The smallest absolute Gasteiger partial charge is 0.247 e. The summed E-state index contributed by atoms with van der Waals surface area (Å²) in [5.74, 6) is -1.26. The minimum Gasteiger partial charge on any atom is -0.360 e. The second-order valence-electron chi connectivity index (χ2n) is 11.1. The Morgan fingerprint density at radius 3 is 2.67 bits per heavy atom. The monoisotopic (exact) mass is 583 g/mol. The predicted octanol–water partition coefficient (Wildman–Crippen LogP) is 6.20. The normalized spacial score (nSPS) is 19.6. The Morgan fingerprint density at radius 2 is 1.88 bits per heavy atom. The average Bonchev–Trinajstić information content (AvgIpc) is 3.65. The van der Waals surface area contributed by atoms with Gasteiger partial charge in [-0.25, -0.2) is 4.39 Å². The number of aromatic nitrogens is 3. The largest absolute Gasteiger partial charge is 0.360 e. The van der Waals surface area contributed by atoms with E-state index in [1.807, 2.05) is 30.3 Å². The lowest BCUT2D eigenvalue weighted by Gasteiger charge is -2.37. The number of ketones is 1. The van der Waals surface area contributed by atoms with E-state index in [2.05, 4.69) is 15.4 Å². The number of hydrogen-bond donors (Lipinski definition) is 2.